The van der Waals surface area contributed by atoms with Crippen LogP contribution in [0.2, 0.25) is 0 Å². The maximum absolute atomic E-state index is 11.8. The molecule has 0 heterocycles. The van der Waals surface area contributed by atoms with Gasteiger partial charge in [0.05, 0.1) is 10.8 Å². The van der Waals surface area contributed by atoms with Crippen LogP contribution in [0.4, 0.5) is 0 Å². The van der Waals surface area contributed by atoms with Crippen LogP contribution in [0.15, 0.2) is 29.2 Å². The summed E-state index contributed by atoms with van der Waals surface area (Å²) in [5.74, 6) is 0.682. The molecule has 0 bridgehead atoms. The molecule has 0 fully saturated rings. The molecule has 0 amide bonds. The minimum atomic E-state index is -0.873. The maximum Gasteiger partial charge on any atom is 0.0542 e. The van der Waals surface area contributed by atoms with Gasteiger partial charge in [0.25, 0.3) is 0 Å². The predicted molar refractivity (Wildman–Crippen MR) is 65.6 cm³/mol. The second kappa shape index (κ2) is 6.03. The number of nitrogens with one attached hydrogen (secondary N) is 1. The van der Waals surface area contributed by atoms with Crippen molar-refractivity contribution in [3.8, 4) is 0 Å². The molecule has 0 aromatic heterocycles. The van der Waals surface area contributed by atoms with Crippen LogP contribution in [0, 0.1) is 6.92 Å². The molecule has 0 saturated carbocycles. The molecule has 0 radical (unpaired) electrons. The van der Waals surface area contributed by atoms with Crippen molar-refractivity contribution in [2.75, 3.05) is 12.3 Å². The molecule has 15 heavy (non-hydrogen) atoms. The minimum Gasteiger partial charge on any atom is -0.314 e. The van der Waals surface area contributed by atoms with E-state index in [-0.39, 0.29) is 0 Å². The van der Waals surface area contributed by atoms with Gasteiger partial charge in [0.15, 0.2) is 0 Å². The number of rotatable bonds is 5. The molecular weight excluding hydrogens is 206 g/mol. The molecule has 1 aromatic rings. The zero-order valence-corrected chi connectivity index (χ0v) is 10.4. The van der Waals surface area contributed by atoms with Gasteiger partial charge in [-0.3, -0.25) is 4.21 Å². The fraction of sp³-hybridized carbons (Fsp3) is 0.500. The van der Waals surface area contributed by atoms with Crippen molar-refractivity contribution in [2.45, 2.75) is 31.7 Å². The van der Waals surface area contributed by atoms with E-state index in [4.69, 9.17) is 0 Å². The van der Waals surface area contributed by atoms with Gasteiger partial charge in [-0.2, -0.15) is 0 Å². The van der Waals surface area contributed by atoms with Crippen LogP contribution in [0.1, 0.15) is 19.4 Å². The van der Waals surface area contributed by atoms with Crippen molar-refractivity contribution >= 4 is 10.8 Å². The molecule has 0 aliphatic rings. The van der Waals surface area contributed by atoms with E-state index < -0.39 is 10.8 Å². The first-order valence-corrected chi connectivity index (χ1v) is 6.60. The highest BCUT2D eigenvalue weighted by Crippen LogP contribution is 2.08. The molecule has 1 unspecified atom stereocenters. The maximum atomic E-state index is 11.8. The van der Waals surface area contributed by atoms with Gasteiger partial charge in [-0.25, -0.2) is 0 Å². The Morgan fingerprint density at radius 2 is 2.13 bits per heavy atom. The Labute approximate surface area is 94.5 Å². The van der Waals surface area contributed by atoms with Crippen LogP contribution in [-0.4, -0.2) is 22.5 Å². The van der Waals surface area contributed by atoms with E-state index in [1.165, 1.54) is 0 Å². The van der Waals surface area contributed by atoms with Crippen molar-refractivity contribution in [3.05, 3.63) is 29.8 Å². The van der Waals surface area contributed by atoms with E-state index in [9.17, 15) is 4.21 Å². The van der Waals surface area contributed by atoms with E-state index in [1.807, 2.05) is 31.2 Å². The first-order chi connectivity index (χ1) is 7.09. The summed E-state index contributed by atoms with van der Waals surface area (Å²) < 4.78 is 11.8. The Balaban J connectivity index is 2.47. The lowest BCUT2D eigenvalue weighted by molar-refractivity contribution is 0.610. The van der Waals surface area contributed by atoms with E-state index in [1.54, 1.807) is 0 Å². The van der Waals surface area contributed by atoms with Crippen molar-refractivity contribution in [2.24, 2.45) is 0 Å². The summed E-state index contributed by atoms with van der Waals surface area (Å²) in [4.78, 5) is 0.931. The summed E-state index contributed by atoms with van der Waals surface area (Å²) in [6.07, 6.45) is 0. The smallest absolute Gasteiger partial charge is 0.0542 e. The number of hydrogen-bond donors (Lipinski definition) is 1. The van der Waals surface area contributed by atoms with Crippen molar-refractivity contribution < 1.29 is 4.21 Å². The van der Waals surface area contributed by atoms with Crippen LogP contribution in [0.3, 0.4) is 0 Å². The molecule has 2 nitrogen and oxygen atoms in total. The highest BCUT2D eigenvalue weighted by Gasteiger charge is 2.03. The molecule has 0 aliphatic heterocycles. The molecule has 84 valence electrons. The second-order valence-electron chi connectivity index (χ2n) is 3.97. The van der Waals surface area contributed by atoms with Crippen LogP contribution < -0.4 is 5.32 Å². The lowest BCUT2D eigenvalue weighted by Crippen LogP contribution is -2.27. The van der Waals surface area contributed by atoms with Crippen LogP contribution in [0.5, 0.6) is 0 Å². The van der Waals surface area contributed by atoms with Gasteiger partial charge in [-0.05, 0) is 24.6 Å². The average molecular weight is 225 g/mol. The SMILES string of the molecule is Cc1cccc(S(=O)CCNC(C)C)c1. The number of hydrogen-bond acceptors (Lipinski definition) is 2. The fourth-order valence-corrected chi connectivity index (χ4v) is 2.40. The van der Waals surface area contributed by atoms with Gasteiger partial charge in [0, 0.05) is 23.2 Å². The molecule has 1 aromatic carbocycles. The van der Waals surface area contributed by atoms with Crippen molar-refractivity contribution in [3.63, 3.8) is 0 Å². The lowest BCUT2D eigenvalue weighted by Gasteiger charge is -2.07. The van der Waals surface area contributed by atoms with E-state index in [0.29, 0.717) is 11.8 Å². The Hall–Kier alpha value is -0.670. The summed E-state index contributed by atoms with van der Waals surface area (Å²) in [6.45, 7) is 7.01. The van der Waals surface area contributed by atoms with Gasteiger partial charge in [0.1, 0.15) is 0 Å². The topological polar surface area (TPSA) is 29.1 Å². The molecule has 1 atom stereocenters. The van der Waals surface area contributed by atoms with Crippen molar-refractivity contribution in [1.29, 1.82) is 0 Å². The Morgan fingerprint density at radius 3 is 2.73 bits per heavy atom. The molecule has 1 N–H and O–H groups in total. The zero-order valence-electron chi connectivity index (χ0n) is 9.62. The van der Waals surface area contributed by atoms with Gasteiger partial charge < -0.3 is 5.32 Å². The molecule has 1 rings (SSSR count). The third-order valence-electron chi connectivity index (χ3n) is 2.09. The van der Waals surface area contributed by atoms with Crippen molar-refractivity contribution in [1.82, 2.24) is 5.32 Å². The number of benzene rings is 1. The predicted octanol–water partition coefficient (Wildman–Crippen LogP) is 2.10. The Kier molecular flexibility index (Phi) is 4.99. The quantitative estimate of drug-likeness (QED) is 0.831. The highest BCUT2D eigenvalue weighted by atomic mass is 32.2. The summed E-state index contributed by atoms with van der Waals surface area (Å²) in [5, 5.41) is 3.27. The monoisotopic (exact) mass is 225 g/mol. The summed E-state index contributed by atoms with van der Waals surface area (Å²) >= 11 is 0. The van der Waals surface area contributed by atoms with Gasteiger partial charge >= 0.3 is 0 Å². The molecule has 0 saturated heterocycles. The molecule has 0 aliphatic carbocycles. The van der Waals surface area contributed by atoms with E-state index in [2.05, 4.69) is 19.2 Å². The normalized spacial score (nSPS) is 13.1. The van der Waals surface area contributed by atoms with Gasteiger partial charge in [-0.1, -0.05) is 26.0 Å². The molecule has 3 heteroatoms. The van der Waals surface area contributed by atoms with Crippen LogP contribution in [-0.2, 0) is 10.8 Å². The second-order valence-corrected chi connectivity index (χ2v) is 5.55. The lowest BCUT2D eigenvalue weighted by atomic mass is 10.2. The first kappa shape index (κ1) is 12.4. The Bertz CT molecular complexity index is 336. The van der Waals surface area contributed by atoms with Gasteiger partial charge in [0.2, 0.25) is 0 Å². The largest absolute Gasteiger partial charge is 0.314 e. The van der Waals surface area contributed by atoms with Gasteiger partial charge in [-0.15, -0.1) is 0 Å². The Morgan fingerprint density at radius 1 is 1.40 bits per heavy atom. The van der Waals surface area contributed by atoms with E-state index >= 15 is 0 Å². The minimum absolute atomic E-state index is 0.458. The average Bonchev–Trinajstić information content (AvgIpc) is 2.17. The summed E-state index contributed by atoms with van der Waals surface area (Å²) in [6, 6.07) is 8.36. The fourth-order valence-electron chi connectivity index (χ4n) is 1.32. The third kappa shape index (κ3) is 4.58. The standard InChI is InChI=1S/C12H19NOS/c1-10(2)13-7-8-15(14)12-6-4-5-11(3)9-12/h4-6,9-10,13H,7-8H2,1-3H3. The van der Waals surface area contributed by atoms with E-state index in [0.717, 1.165) is 17.0 Å². The highest BCUT2D eigenvalue weighted by molar-refractivity contribution is 7.85. The summed E-state index contributed by atoms with van der Waals surface area (Å²) in [7, 11) is -0.873. The molecular formula is C12H19NOS. The third-order valence-corrected chi connectivity index (χ3v) is 3.45. The molecule has 0 spiro atoms. The number of aryl methyl sites for hydroxylation is 1. The first-order valence-electron chi connectivity index (χ1n) is 5.28. The van der Waals surface area contributed by atoms with Crippen LogP contribution in [0.25, 0.3) is 0 Å². The van der Waals surface area contributed by atoms with Crippen LogP contribution >= 0.6 is 0 Å². The zero-order chi connectivity index (χ0) is 11.3. The summed E-state index contributed by atoms with van der Waals surface area (Å²) in [5.41, 5.74) is 1.16.